The van der Waals surface area contributed by atoms with Crippen LogP contribution in [0.5, 0.6) is 0 Å². The van der Waals surface area contributed by atoms with E-state index in [0.717, 1.165) is 51.1 Å². The third-order valence-electron chi connectivity index (χ3n) is 6.14. The molecule has 1 aliphatic rings. The van der Waals surface area contributed by atoms with Gasteiger partial charge in [-0.15, -0.1) is 0 Å². The number of anilines is 2. The Labute approximate surface area is 195 Å². The third kappa shape index (κ3) is 3.04. The molecule has 4 nitrogen and oxygen atoms in total. The second-order valence-electron chi connectivity index (χ2n) is 8.06. The fraction of sp³-hybridized carbons (Fsp3) is 0.111. The minimum atomic E-state index is 0.896. The average molecular weight is 481 g/mol. The summed E-state index contributed by atoms with van der Waals surface area (Å²) in [5.41, 5.74) is 8.78. The number of para-hydroxylation sites is 2. The van der Waals surface area contributed by atoms with Gasteiger partial charge in [-0.25, -0.2) is 9.67 Å². The Kier molecular flexibility index (Phi) is 4.58. The fourth-order valence-electron chi connectivity index (χ4n) is 4.64. The predicted octanol–water partition coefficient (Wildman–Crippen LogP) is 6.85. The smallest absolute Gasteiger partial charge is 0.165 e. The van der Waals surface area contributed by atoms with Crippen molar-refractivity contribution < 1.29 is 0 Å². The van der Waals surface area contributed by atoms with Gasteiger partial charge in [-0.1, -0.05) is 64.5 Å². The Morgan fingerprint density at radius 2 is 1.47 bits per heavy atom. The van der Waals surface area contributed by atoms with Gasteiger partial charge in [-0.3, -0.25) is 0 Å². The van der Waals surface area contributed by atoms with Crippen LogP contribution in [0.15, 0.2) is 89.4 Å². The number of fused-ring (bicyclic) bond motifs is 3. The van der Waals surface area contributed by atoms with E-state index < -0.39 is 0 Å². The molecular formula is C27H21BrN4. The van der Waals surface area contributed by atoms with Gasteiger partial charge in [0.15, 0.2) is 5.65 Å². The number of halogens is 1. The minimum Gasteiger partial charge on any atom is -0.340 e. The summed E-state index contributed by atoms with van der Waals surface area (Å²) in [6, 6.07) is 29.3. The van der Waals surface area contributed by atoms with Crippen molar-refractivity contribution in [3.8, 4) is 16.9 Å². The van der Waals surface area contributed by atoms with Gasteiger partial charge in [0.1, 0.15) is 5.69 Å². The van der Waals surface area contributed by atoms with E-state index in [0.29, 0.717) is 0 Å². The summed E-state index contributed by atoms with van der Waals surface area (Å²) in [7, 11) is 0. The largest absolute Gasteiger partial charge is 0.340 e. The Morgan fingerprint density at radius 1 is 0.812 bits per heavy atom. The molecule has 6 rings (SSSR count). The Morgan fingerprint density at radius 3 is 2.16 bits per heavy atom. The van der Waals surface area contributed by atoms with Gasteiger partial charge >= 0.3 is 0 Å². The van der Waals surface area contributed by atoms with E-state index in [2.05, 4.69) is 94.5 Å². The highest BCUT2D eigenvalue weighted by Crippen LogP contribution is 2.45. The fourth-order valence-corrected chi connectivity index (χ4v) is 4.90. The first-order valence-electron chi connectivity index (χ1n) is 10.8. The standard InChI is InChI=1S/C27H21BrN4/c1-18-23-16-17-31(21-8-4-2-5-9-21)26(23)24-25(19-12-14-20(28)15-13-19)30-32(27(24)29-18)22-10-6-3-7-11-22/h2-15H,16-17H2,1H3. The maximum Gasteiger partial charge on any atom is 0.165 e. The Balaban J connectivity index is 1.70. The molecule has 3 heterocycles. The van der Waals surface area contributed by atoms with E-state index in [9.17, 15) is 0 Å². The van der Waals surface area contributed by atoms with Gasteiger partial charge in [0, 0.05) is 28.0 Å². The number of pyridine rings is 1. The zero-order chi connectivity index (χ0) is 21.7. The quantitative estimate of drug-likeness (QED) is 0.283. The van der Waals surface area contributed by atoms with Crippen LogP contribution in [0.1, 0.15) is 11.3 Å². The summed E-state index contributed by atoms with van der Waals surface area (Å²) in [6.07, 6.45) is 0.981. The monoisotopic (exact) mass is 480 g/mol. The van der Waals surface area contributed by atoms with Crippen LogP contribution in [0.2, 0.25) is 0 Å². The van der Waals surface area contributed by atoms with Crippen molar-refractivity contribution in [3.63, 3.8) is 0 Å². The molecule has 32 heavy (non-hydrogen) atoms. The van der Waals surface area contributed by atoms with E-state index in [1.807, 2.05) is 22.9 Å². The highest BCUT2D eigenvalue weighted by Gasteiger charge is 2.30. The van der Waals surface area contributed by atoms with Crippen LogP contribution in [0.25, 0.3) is 28.0 Å². The topological polar surface area (TPSA) is 34.0 Å². The third-order valence-corrected chi connectivity index (χ3v) is 6.66. The summed E-state index contributed by atoms with van der Waals surface area (Å²) in [4.78, 5) is 7.50. The molecule has 0 radical (unpaired) electrons. The van der Waals surface area contributed by atoms with Crippen LogP contribution in [0, 0.1) is 6.92 Å². The molecule has 5 aromatic rings. The van der Waals surface area contributed by atoms with Gasteiger partial charge in [0.25, 0.3) is 0 Å². The first-order valence-corrected chi connectivity index (χ1v) is 11.6. The second-order valence-corrected chi connectivity index (χ2v) is 8.98. The number of rotatable bonds is 3. The van der Waals surface area contributed by atoms with Crippen LogP contribution < -0.4 is 4.90 Å². The number of aromatic nitrogens is 3. The predicted molar refractivity (Wildman–Crippen MR) is 134 cm³/mol. The summed E-state index contributed by atoms with van der Waals surface area (Å²) < 4.78 is 3.04. The molecule has 0 unspecified atom stereocenters. The van der Waals surface area contributed by atoms with Gasteiger partial charge in [0.05, 0.1) is 16.8 Å². The zero-order valence-electron chi connectivity index (χ0n) is 17.7. The highest BCUT2D eigenvalue weighted by molar-refractivity contribution is 9.10. The van der Waals surface area contributed by atoms with Crippen molar-refractivity contribution in [2.45, 2.75) is 13.3 Å². The molecule has 1 aliphatic heterocycles. The number of benzene rings is 3. The molecule has 0 saturated carbocycles. The number of aryl methyl sites for hydroxylation is 1. The SMILES string of the molecule is Cc1nc2c(c(-c3ccc(Br)cc3)nn2-c2ccccc2)c2c1CCN2c1ccccc1. The Hall–Kier alpha value is -3.44. The molecule has 0 N–H and O–H groups in total. The molecule has 0 atom stereocenters. The zero-order valence-corrected chi connectivity index (χ0v) is 19.2. The maximum absolute atomic E-state index is 5.12. The van der Waals surface area contributed by atoms with Crippen molar-refractivity contribution in [2.24, 2.45) is 0 Å². The highest BCUT2D eigenvalue weighted by atomic mass is 79.9. The Bertz CT molecular complexity index is 1420. The van der Waals surface area contributed by atoms with E-state index in [1.54, 1.807) is 0 Å². The number of nitrogens with zero attached hydrogens (tertiary/aromatic N) is 4. The number of hydrogen-bond donors (Lipinski definition) is 0. The van der Waals surface area contributed by atoms with Gasteiger partial charge in [-0.05, 0) is 55.3 Å². The lowest BCUT2D eigenvalue weighted by molar-refractivity contribution is 0.896. The first-order chi connectivity index (χ1) is 15.7. The van der Waals surface area contributed by atoms with Crippen LogP contribution in [0.4, 0.5) is 11.4 Å². The second kappa shape index (κ2) is 7.61. The van der Waals surface area contributed by atoms with E-state index in [1.165, 1.54) is 16.9 Å². The first kappa shape index (κ1) is 19.3. The average Bonchev–Trinajstić information content (AvgIpc) is 3.43. The van der Waals surface area contributed by atoms with Crippen molar-refractivity contribution in [3.05, 3.63) is 101 Å². The lowest BCUT2D eigenvalue weighted by Gasteiger charge is -2.21. The lowest BCUT2D eigenvalue weighted by Crippen LogP contribution is -2.13. The molecule has 2 aromatic heterocycles. The van der Waals surface area contributed by atoms with Crippen molar-refractivity contribution in [2.75, 3.05) is 11.4 Å². The van der Waals surface area contributed by atoms with Crippen LogP contribution >= 0.6 is 15.9 Å². The van der Waals surface area contributed by atoms with Gasteiger partial charge in [-0.2, -0.15) is 5.10 Å². The summed E-state index contributed by atoms with van der Waals surface area (Å²) in [5.74, 6) is 0. The maximum atomic E-state index is 5.12. The molecule has 0 amide bonds. The molecule has 0 spiro atoms. The molecule has 3 aromatic carbocycles. The summed E-state index contributed by atoms with van der Waals surface area (Å²) in [5, 5.41) is 6.23. The van der Waals surface area contributed by atoms with Crippen LogP contribution in [0.3, 0.4) is 0 Å². The number of hydrogen-bond acceptors (Lipinski definition) is 3. The molecular weight excluding hydrogens is 460 g/mol. The molecule has 0 aliphatic carbocycles. The van der Waals surface area contributed by atoms with Crippen LogP contribution in [-0.4, -0.2) is 21.3 Å². The van der Waals surface area contributed by atoms with Gasteiger partial charge < -0.3 is 4.90 Å². The molecule has 156 valence electrons. The van der Waals surface area contributed by atoms with Gasteiger partial charge in [0.2, 0.25) is 0 Å². The molecule has 5 heteroatoms. The van der Waals surface area contributed by atoms with E-state index >= 15 is 0 Å². The summed E-state index contributed by atoms with van der Waals surface area (Å²) in [6.45, 7) is 3.06. The van der Waals surface area contributed by atoms with E-state index in [-0.39, 0.29) is 0 Å². The van der Waals surface area contributed by atoms with Crippen molar-refractivity contribution in [1.82, 2.24) is 14.8 Å². The molecule has 0 fully saturated rings. The molecule has 0 bridgehead atoms. The van der Waals surface area contributed by atoms with Crippen molar-refractivity contribution in [1.29, 1.82) is 0 Å². The normalized spacial score (nSPS) is 13.0. The lowest BCUT2D eigenvalue weighted by atomic mass is 10.0. The summed E-state index contributed by atoms with van der Waals surface area (Å²) >= 11 is 3.56. The molecule has 0 saturated heterocycles. The van der Waals surface area contributed by atoms with E-state index in [4.69, 9.17) is 10.1 Å². The minimum absolute atomic E-state index is 0.896. The van der Waals surface area contributed by atoms with Crippen LogP contribution in [-0.2, 0) is 6.42 Å². The van der Waals surface area contributed by atoms with Crippen molar-refractivity contribution >= 4 is 38.3 Å².